The van der Waals surface area contributed by atoms with Crippen molar-refractivity contribution in [3.63, 3.8) is 0 Å². The van der Waals surface area contributed by atoms with E-state index in [0.717, 1.165) is 17.0 Å². The van der Waals surface area contributed by atoms with Gasteiger partial charge in [0.25, 0.3) is 5.91 Å². The van der Waals surface area contributed by atoms with Gasteiger partial charge in [-0.1, -0.05) is 0 Å². The monoisotopic (exact) mass is 417 g/mol. The maximum atomic E-state index is 12.8. The molecule has 29 heavy (non-hydrogen) atoms. The molecular weight excluding hydrogens is 394 g/mol. The van der Waals surface area contributed by atoms with Gasteiger partial charge >= 0.3 is 0 Å². The van der Waals surface area contributed by atoms with Crippen LogP contribution in [0.1, 0.15) is 39.9 Å². The van der Waals surface area contributed by atoms with E-state index < -0.39 is 9.84 Å². The molecule has 10 heteroatoms. The number of nitrogens with one attached hydrogen (secondary N) is 1. The Bertz CT molecular complexity index is 1140. The molecular formula is C19H23N5O4S. The van der Waals surface area contributed by atoms with E-state index in [0.29, 0.717) is 30.1 Å². The normalized spacial score (nSPS) is 18.2. The van der Waals surface area contributed by atoms with E-state index in [4.69, 9.17) is 4.42 Å². The summed E-state index contributed by atoms with van der Waals surface area (Å²) in [7, 11) is -1.29. The third kappa shape index (κ3) is 3.71. The lowest BCUT2D eigenvalue weighted by Gasteiger charge is -2.17. The third-order valence-electron chi connectivity index (χ3n) is 5.35. The van der Waals surface area contributed by atoms with Gasteiger partial charge in [0.1, 0.15) is 5.69 Å². The van der Waals surface area contributed by atoms with Crippen LogP contribution in [0.25, 0.3) is 11.5 Å². The standard InChI is InChI=1S/C19H23N5O4S/c1-12-15(13(2)24(22-12)14-6-8-29(26,27)11-14)10-23(3)19(25)17-9-16(20-21-17)18-5-4-7-28-18/h4-5,7,9,14H,6,8,10-11H2,1-3H3,(H,20,21). The molecule has 9 nitrogen and oxygen atoms in total. The van der Waals surface area contributed by atoms with Gasteiger partial charge in [-0.05, 0) is 32.4 Å². The molecule has 4 rings (SSSR count). The van der Waals surface area contributed by atoms with Crippen molar-refractivity contribution < 1.29 is 17.6 Å². The van der Waals surface area contributed by atoms with Crippen LogP contribution in [-0.4, -0.2) is 57.8 Å². The molecule has 0 bridgehead atoms. The lowest BCUT2D eigenvalue weighted by Crippen LogP contribution is -2.27. The number of rotatable bonds is 5. The van der Waals surface area contributed by atoms with Gasteiger partial charge in [-0.3, -0.25) is 14.6 Å². The van der Waals surface area contributed by atoms with Gasteiger partial charge in [0.15, 0.2) is 21.3 Å². The van der Waals surface area contributed by atoms with Gasteiger partial charge in [0, 0.05) is 30.9 Å². The zero-order valence-corrected chi connectivity index (χ0v) is 17.4. The Labute approximate surface area is 168 Å². The Kier molecular flexibility index (Phi) is 4.81. The van der Waals surface area contributed by atoms with E-state index in [1.54, 1.807) is 41.1 Å². The van der Waals surface area contributed by atoms with Crippen LogP contribution in [0.2, 0.25) is 0 Å². The largest absolute Gasteiger partial charge is 0.463 e. The number of carbonyl (C=O) groups excluding carboxylic acids is 1. The third-order valence-corrected chi connectivity index (χ3v) is 7.11. The minimum absolute atomic E-state index is 0.117. The number of aromatic nitrogens is 4. The quantitative estimate of drug-likeness (QED) is 0.680. The van der Waals surface area contributed by atoms with Crippen molar-refractivity contribution in [1.82, 2.24) is 24.9 Å². The van der Waals surface area contributed by atoms with E-state index in [1.165, 1.54) is 0 Å². The predicted molar refractivity (Wildman–Crippen MR) is 106 cm³/mol. The molecule has 0 aliphatic carbocycles. The summed E-state index contributed by atoms with van der Waals surface area (Å²) in [6.45, 7) is 4.16. The lowest BCUT2D eigenvalue weighted by atomic mass is 10.1. The van der Waals surface area contributed by atoms with Crippen LogP contribution < -0.4 is 0 Å². The van der Waals surface area contributed by atoms with Gasteiger partial charge in [0.05, 0.1) is 29.5 Å². The summed E-state index contributed by atoms with van der Waals surface area (Å²) in [5.74, 6) is 0.695. The Morgan fingerprint density at radius 3 is 2.86 bits per heavy atom. The van der Waals surface area contributed by atoms with Crippen molar-refractivity contribution in [2.75, 3.05) is 18.6 Å². The Morgan fingerprint density at radius 1 is 1.41 bits per heavy atom. The molecule has 1 aliphatic heterocycles. The Morgan fingerprint density at radius 2 is 2.21 bits per heavy atom. The summed E-state index contributed by atoms with van der Waals surface area (Å²) >= 11 is 0. The summed E-state index contributed by atoms with van der Waals surface area (Å²) in [4.78, 5) is 14.4. The maximum Gasteiger partial charge on any atom is 0.274 e. The highest BCUT2D eigenvalue weighted by Crippen LogP contribution is 2.27. The molecule has 1 N–H and O–H groups in total. The SMILES string of the molecule is Cc1nn(C2CCS(=O)(=O)C2)c(C)c1CN(C)C(=O)c1cc(-c2ccco2)[nH]n1. The van der Waals surface area contributed by atoms with Gasteiger partial charge in [-0.25, -0.2) is 8.42 Å². The van der Waals surface area contributed by atoms with Crippen LogP contribution >= 0.6 is 0 Å². The molecule has 0 saturated carbocycles. The number of aryl methyl sites for hydroxylation is 1. The lowest BCUT2D eigenvalue weighted by molar-refractivity contribution is 0.0779. The number of hydrogen-bond acceptors (Lipinski definition) is 6. The molecule has 1 unspecified atom stereocenters. The van der Waals surface area contributed by atoms with Gasteiger partial charge in [-0.2, -0.15) is 10.2 Å². The second-order valence-electron chi connectivity index (χ2n) is 7.46. The van der Waals surface area contributed by atoms with Crippen LogP contribution in [0.4, 0.5) is 0 Å². The fraction of sp³-hybridized carbons (Fsp3) is 0.421. The smallest absolute Gasteiger partial charge is 0.274 e. The fourth-order valence-electron chi connectivity index (χ4n) is 3.74. The highest BCUT2D eigenvalue weighted by atomic mass is 32.2. The summed E-state index contributed by atoms with van der Waals surface area (Å²) in [5.41, 5.74) is 3.54. The number of furan rings is 1. The van der Waals surface area contributed by atoms with Gasteiger partial charge in [-0.15, -0.1) is 0 Å². The zero-order valence-electron chi connectivity index (χ0n) is 16.5. The van der Waals surface area contributed by atoms with Crippen molar-refractivity contribution in [3.8, 4) is 11.5 Å². The Hall–Kier alpha value is -2.88. The summed E-state index contributed by atoms with van der Waals surface area (Å²) in [6.07, 6.45) is 2.13. The number of carbonyl (C=O) groups is 1. The second-order valence-corrected chi connectivity index (χ2v) is 9.68. The van der Waals surface area contributed by atoms with Crippen molar-refractivity contribution in [2.45, 2.75) is 32.9 Å². The minimum atomic E-state index is -3.00. The average molecular weight is 417 g/mol. The van der Waals surface area contributed by atoms with Crippen molar-refractivity contribution >= 4 is 15.7 Å². The van der Waals surface area contributed by atoms with E-state index >= 15 is 0 Å². The highest BCUT2D eigenvalue weighted by Gasteiger charge is 2.31. The zero-order chi connectivity index (χ0) is 20.8. The van der Waals surface area contributed by atoms with Crippen LogP contribution in [-0.2, 0) is 16.4 Å². The van der Waals surface area contributed by atoms with E-state index in [2.05, 4.69) is 15.3 Å². The predicted octanol–water partition coefficient (Wildman–Crippen LogP) is 2.11. The first kappa shape index (κ1) is 19.4. The first-order valence-electron chi connectivity index (χ1n) is 9.35. The highest BCUT2D eigenvalue weighted by molar-refractivity contribution is 7.91. The number of nitrogens with zero attached hydrogens (tertiary/aromatic N) is 4. The van der Waals surface area contributed by atoms with Crippen LogP contribution in [0.3, 0.4) is 0 Å². The molecule has 3 aromatic heterocycles. The van der Waals surface area contributed by atoms with Gasteiger partial charge < -0.3 is 9.32 Å². The van der Waals surface area contributed by atoms with Gasteiger partial charge in [0.2, 0.25) is 0 Å². The first-order valence-corrected chi connectivity index (χ1v) is 11.2. The van der Waals surface area contributed by atoms with E-state index in [9.17, 15) is 13.2 Å². The summed E-state index contributed by atoms with van der Waals surface area (Å²) in [5, 5.41) is 11.5. The summed E-state index contributed by atoms with van der Waals surface area (Å²) in [6, 6.07) is 5.07. The number of hydrogen-bond donors (Lipinski definition) is 1. The van der Waals surface area contributed by atoms with E-state index in [1.807, 2.05) is 13.8 Å². The number of H-pyrrole nitrogens is 1. The summed E-state index contributed by atoms with van der Waals surface area (Å²) < 4.78 is 30.8. The molecule has 0 spiro atoms. The molecule has 1 aliphatic rings. The molecule has 1 amide bonds. The molecule has 3 aromatic rings. The van der Waals surface area contributed by atoms with Crippen LogP contribution in [0.15, 0.2) is 28.9 Å². The number of sulfone groups is 1. The van der Waals surface area contributed by atoms with Crippen molar-refractivity contribution in [2.24, 2.45) is 0 Å². The fourth-order valence-corrected chi connectivity index (χ4v) is 5.44. The number of aromatic amines is 1. The topological polar surface area (TPSA) is 114 Å². The first-order chi connectivity index (χ1) is 13.7. The molecule has 154 valence electrons. The molecule has 0 aromatic carbocycles. The molecule has 4 heterocycles. The van der Waals surface area contributed by atoms with Crippen LogP contribution in [0.5, 0.6) is 0 Å². The Balaban J connectivity index is 1.51. The second kappa shape index (κ2) is 7.18. The molecule has 1 fully saturated rings. The molecule has 1 atom stereocenters. The van der Waals surface area contributed by atoms with E-state index in [-0.39, 0.29) is 23.5 Å². The van der Waals surface area contributed by atoms with Crippen molar-refractivity contribution in [3.05, 3.63) is 47.1 Å². The maximum absolute atomic E-state index is 12.8. The minimum Gasteiger partial charge on any atom is -0.463 e. The average Bonchev–Trinajstić information content (AvgIpc) is 3.44. The number of amides is 1. The molecule has 1 saturated heterocycles. The van der Waals surface area contributed by atoms with Crippen molar-refractivity contribution in [1.29, 1.82) is 0 Å². The molecule has 0 radical (unpaired) electrons. The van der Waals surface area contributed by atoms with Crippen LogP contribution in [0, 0.1) is 13.8 Å².